The van der Waals surface area contributed by atoms with Gasteiger partial charge >= 0.3 is 69.2 Å². The minimum atomic E-state index is -1.45. The Hall–Kier alpha value is -1.71. The number of aliphatic hydroxyl groups is 4. The number of amides is 2. The smallest absolute Gasteiger partial charge is 0.693 e. The van der Waals surface area contributed by atoms with Gasteiger partial charge in [-0.15, -0.1) is 0 Å². The second-order valence-corrected chi connectivity index (χ2v) is 23.5. The Morgan fingerprint density at radius 2 is 1.01 bits per heavy atom. The Labute approximate surface area is 538 Å². The molecular formula is C53H83I2N3O18W3. The molecule has 450 valence electrons. The van der Waals surface area contributed by atoms with Crippen molar-refractivity contribution < 1.29 is 151 Å². The van der Waals surface area contributed by atoms with E-state index in [1.807, 2.05) is 52.0 Å². The summed E-state index contributed by atoms with van der Waals surface area (Å²) in [7, 11) is 3.17. The number of nitrogens with two attached hydrogens (primary N) is 1. The van der Waals surface area contributed by atoms with Crippen LogP contribution >= 0.6 is 45.2 Å². The van der Waals surface area contributed by atoms with Crippen molar-refractivity contribution in [3.8, 4) is 11.5 Å². The van der Waals surface area contributed by atoms with Crippen molar-refractivity contribution in [3.05, 3.63) is 99.6 Å². The molecule has 0 bridgehead atoms. The maximum Gasteiger partial charge on any atom is 2.00 e. The fourth-order valence-corrected chi connectivity index (χ4v) is 6.97. The second kappa shape index (κ2) is 45.7. The molecule has 2 heterocycles. The van der Waals surface area contributed by atoms with Crippen LogP contribution in [0.25, 0.3) is 17.6 Å². The van der Waals surface area contributed by atoms with Crippen molar-refractivity contribution >= 4 is 86.1 Å². The normalized spacial score (nSPS) is 18.4. The molecule has 79 heavy (non-hydrogen) atoms. The maximum atomic E-state index is 12.6. The molecule has 0 aliphatic carbocycles. The van der Waals surface area contributed by atoms with Gasteiger partial charge in [-0.2, -0.15) is 0 Å². The van der Waals surface area contributed by atoms with Crippen LogP contribution in [0.5, 0.6) is 11.5 Å². The van der Waals surface area contributed by atoms with Crippen molar-refractivity contribution in [1.29, 1.82) is 0 Å². The number of halogens is 2. The first-order valence-electron chi connectivity index (χ1n) is 23.1. The number of nitrogens with one attached hydrogen (secondary N) is 2. The van der Waals surface area contributed by atoms with Gasteiger partial charge < -0.3 is 103 Å². The average molecular weight is 1860 g/mol. The van der Waals surface area contributed by atoms with Crippen LogP contribution in [0.15, 0.2) is 48.5 Å². The number of ketones is 4. The van der Waals surface area contributed by atoms with Gasteiger partial charge in [0.25, 0.3) is 0 Å². The summed E-state index contributed by atoms with van der Waals surface area (Å²) < 4.78 is 34.9. The molecule has 4 rings (SSSR count). The Kier molecular flexibility index (Phi) is 52.7. The summed E-state index contributed by atoms with van der Waals surface area (Å²) in [5.74, 6) is -3.67. The molecule has 2 aromatic rings. The van der Waals surface area contributed by atoms with E-state index in [0.29, 0.717) is 19.6 Å². The topological polar surface area (TPSA) is 357 Å². The number of carbonyl (C=O) groups is 7. The monoisotopic (exact) mass is 1860 g/mol. The van der Waals surface area contributed by atoms with E-state index in [1.165, 1.54) is 2.43 Å². The second-order valence-electron chi connectivity index (χ2n) is 19.0. The van der Waals surface area contributed by atoms with Crippen molar-refractivity contribution in [3.63, 3.8) is 0 Å². The number of alkyl halides is 2. The van der Waals surface area contributed by atoms with E-state index < -0.39 is 88.7 Å². The first-order valence-corrected chi connectivity index (χ1v) is 26.1. The summed E-state index contributed by atoms with van der Waals surface area (Å²) in [6.07, 6.45) is -5.69. The van der Waals surface area contributed by atoms with Gasteiger partial charge in [-0.25, -0.2) is 4.79 Å². The number of aliphatic hydroxyl groups excluding tert-OH is 4. The SMILES string of the molecule is CC(C)(CO)[C@@H](O)C(=O)CCCC(=O)C([NH-])=O.COc1ccc(C2OCC(C)(C)[C@H](C(=O)CCCC(O)C(=O)O)O2)cc1.COc1ccc(C2OCC(C)(C)[C@H](C(=O)CCCC(O)C([NH-])=O)O2)cc1.ICI.[CH3-].[CH3-].[CH3-].[NH2-].[W+2].[W+2].[W+2]. The summed E-state index contributed by atoms with van der Waals surface area (Å²) in [6, 6.07) is 14.5. The van der Waals surface area contributed by atoms with E-state index in [-0.39, 0.29) is 161 Å². The molecule has 2 aromatic carbocycles. The van der Waals surface area contributed by atoms with Gasteiger partial charge in [0.1, 0.15) is 35.7 Å². The molecule has 4 unspecified atom stereocenters. The van der Waals surface area contributed by atoms with Crippen LogP contribution in [0, 0.1) is 38.5 Å². The van der Waals surface area contributed by atoms with Gasteiger partial charge in [-0.3, -0.25) is 19.2 Å². The number of carboxylic acid groups (broad SMARTS) is 1. The first kappa shape index (κ1) is 91.1. The fraction of sp³-hybridized carbons (Fsp3) is 0.585. The summed E-state index contributed by atoms with van der Waals surface area (Å²) in [6.45, 7) is 11.1. The molecule has 7 atom stereocenters. The van der Waals surface area contributed by atoms with Crippen LogP contribution < -0.4 is 9.47 Å². The average Bonchev–Trinajstić information content (AvgIpc) is 3.33. The summed E-state index contributed by atoms with van der Waals surface area (Å²) in [5, 5.41) is 46.0. The van der Waals surface area contributed by atoms with Crippen molar-refractivity contribution in [2.75, 3.05) is 36.5 Å². The Balaban J connectivity index is -0.000000188. The van der Waals surface area contributed by atoms with Gasteiger partial charge in [-0.05, 0) is 56.4 Å². The van der Waals surface area contributed by atoms with Crippen LogP contribution in [-0.2, 0) is 116 Å². The van der Waals surface area contributed by atoms with Gasteiger partial charge in [0.05, 0.1) is 48.5 Å². The van der Waals surface area contributed by atoms with E-state index in [4.69, 9.17) is 50.1 Å². The van der Waals surface area contributed by atoms with Crippen LogP contribution in [0.4, 0.5) is 0 Å². The number of benzene rings is 2. The number of rotatable bonds is 24. The number of aliphatic carboxylic acids is 1. The molecule has 2 amide bonds. The number of hydrogen-bond acceptors (Lipinski definition) is 17. The number of carbonyl (C=O) groups excluding carboxylic acids is 6. The maximum absolute atomic E-state index is 12.6. The molecule has 2 fully saturated rings. The zero-order valence-electron chi connectivity index (χ0n) is 47.0. The van der Waals surface area contributed by atoms with E-state index in [1.54, 1.807) is 52.3 Å². The Morgan fingerprint density at radius 1 is 0.658 bits per heavy atom. The molecule has 21 nitrogen and oxygen atoms in total. The molecule has 0 aromatic heterocycles. The van der Waals surface area contributed by atoms with Crippen LogP contribution in [0.1, 0.15) is 123 Å². The Morgan fingerprint density at radius 3 is 1.32 bits per heavy atom. The van der Waals surface area contributed by atoms with Gasteiger partial charge in [0.2, 0.25) is 0 Å². The number of hydrogen-bond donors (Lipinski definition) is 5. The molecule has 0 saturated carbocycles. The van der Waals surface area contributed by atoms with Crippen molar-refractivity contribution in [2.45, 2.75) is 142 Å². The van der Waals surface area contributed by atoms with Gasteiger partial charge in [-0.1, -0.05) is 111 Å². The first-order chi connectivity index (χ1) is 33.6. The molecule has 9 N–H and O–H groups in total. The largest absolute Gasteiger partial charge is 2.00 e. The van der Waals surface area contributed by atoms with Crippen LogP contribution in [0.3, 0.4) is 0 Å². The number of Topliss-reactive ketones (excluding diaryl/α,β-unsaturated/α-hetero) is 4. The number of carboxylic acids is 1. The van der Waals surface area contributed by atoms with Crippen molar-refractivity contribution in [2.24, 2.45) is 16.2 Å². The van der Waals surface area contributed by atoms with E-state index in [9.17, 15) is 48.9 Å². The third kappa shape index (κ3) is 32.8. The van der Waals surface area contributed by atoms with E-state index in [2.05, 4.69) is 45.2 Å². The summed E-state index contributed by atoms with van der Waals surface area (Å²) >= 11 is 4.55. The molecule has 26 heteroatoms. The summed E-state index contributed by atoms with van der Waals surface area (Å²) in [4.78, 5) is 79.2. The van der Waals surface area contributed by atoms with Gasteiger partial charge in [0.15, 0.2) is 41.8 Å². The van der Waals surface area contributed by atoms with Crippen molar-refractivity contribution in [1.82, 2.24) is 0 Å². The number of ether oxygens (including phenoxy) is 6. The van der Waals surface area contributed by atoms with E-state index >= 15 is 0 Å². The third-order valence-electron chi connectivity index (χ3n) is 11.4. The molecule has 0 spiro atoms. The molecule has 2 aliphatic rings. The molecule has 2 aliphatic heterocycles. The fourth-order valence-electron chi connectivity index (χ4n) is 6.97. The predicted molar refractivity (Wildman–Crippen MR) is 305 cm³/mol. The van der Waals surface area contributed by atoms with E-state index in [0.717, 1.165) is 22.6 Å². The Bertz CT molecular complexity index is 1950. The minimum Gasteiger partial charge on any atom is -0.693 e. The minimum absolute atomic E-state index is 0. The molecule has 2 saturated heterocycles. The van der Waals surface area contributed by atoms with Crippen LogP contribution in [-0.4, -0.2) is 133 Å². The molecule has 0 radical (unpaired) electrons. The molecular weight excluding hydrogens is 1770 g/mol. The predicted octanol–water partition coefficient (Wildman–Crippen LogP) is 9.26. The third-order valence-corrected chi connectivity index (χ3v) is 11.4. The zero-order chi connectivity index (χ0) is 55.0. The zero-order valence-corrected chi connectivity index (χ0v) is 60.1. The van der Waals surface area contributed by atoms with Crippen LogP contribution in [0.2, 0.25) is 0 Å². The standard InChI is InChI=1S/C19H27NO6.C19H26O7.C11H19NO5.CH2I2.3CH3.H2N.3W/c1-19(2)11-25-18(12-7-9-13(24-3)10-8-12)26-16(19)14(21)5-4-6-15(22)17(20)23;1-19(2)11-25-18(12-7-9-13(24-3)10-8-12)26-16(19)14(20)5-4-6-15(21)17(22)23;1-11(2,6-13)9(16)7(14)4-3-5-8(15)10(12)17;2-1-3;;;;;;;/h7-10,15-16,18,22H,4-6,11H2,1-3H3,(H2,20,23);7-10,15-16,18,21H,4-6,11H2,1-3H3,(H,22,23);9,13,16H,3-6H2,1-2H3,(H2,12,17);1H2;3*1H3;1H2;;;/q;;;;4*-1;3*+2/p-2/t2*15?,16-,18?;9-;;;;;;;;/m000......../s1. The quantitative estimate of drug-likeness (QED) is 0.0283. The summed E-state index contributed by atoms with van der Waals surface area (Å²) in [5.41, 5.74) is 13.1. The van der Waals surface area contributed by atoms with Gasteiger partial charge in [0, 0.05) is 53.1 Å². The number of methoxy groups -OCH3 is 2.